The topological polar surface area (TPSA) is 63.1 Å². The molecule has 0 saturated heterocycles. The van der Waals surface area contributed by atoms with Crippen LogP contribution in [0.2, 0.25) is 19.6 Å². The summed E-state index contributed by atoms with van der Waals surface area (Å²) < 4.78 is 0. The summed E-state index contributed by atoms with van der Waals surface area (Å²) in [6.07, 6.45) is 10.1. The van der Waals surface area contributed by atoms with Crippen LogP contribution in [0.4, 0.5) is 0 Å². The number of rotatable bonds is 10. The van der Waals surface area contributed by atoms with Gasteiger partial charge in [0, 0.05) is 50.5 Å². The van der Waals surface area contributed by atoms with Gasteiger partial charge in [0.1, 0.15) is 11.6 Å². The number of hydrogen-bond donors (Lipinski definition) is 1. The third kappa shape index (κ3) is 8.68. The van der Waals surface area contributed by atoms with Crippen LogP contribution in [0.5, 0.6) is 0 Å². The van der Waals surface area contributed by atoms with Gasteiger partial charge in [0.2, 0.25) is 0 Å². The molecule has 5 rings (SSSR count). The molecule has 0 amide bonds. The van der Waals surface area contributed by atoms with Crippen molar-refractivity contribution in [2.75, 3.05) is 0 Å². The van der Waals surface area contributed by atoms with E-state index in [4.69, 9.17) is 9.97 Å². The number of aliphatic hydroxyl groups excluding tert-OH is 1. The van der Waals surface area contributed by atoms with Gasteiger partial charge in [0.05, 0.1) is 5.52 Å². The molecule has 0 bridgehead atoms. The first-order chi connectivity index (χ1) is 23.0. The van der Waals surface area contributed by atoms with Gasteiger partial charge < -0.3 is 5.11 Å². The molecule has 1 saturated carbocycles. The van der Waals surface area contributed by atoms with E-state index in [1.807, 2.05) is 48.5 Å². The maximum Gasteiger partial charge on any atom is 0.164 e. The van der Waals surface area contributed by atoms with Gasteiger partial charge in [-0.1, -0.05) is 92.2 Å². The van der Waals surface area contributed by atoms with E-state index < -0.39 is 8.07 Å². The summed E-state index contributed by atoms with van der Waals surface area (Å²) in [6.45, 7) is 25.8. The fourth-order valence-corrected chi connectivity index (χ4v) is 8.44. The molecule has 0 atom stereocenters. The number of benzene rings is 3. The van der Waals surface area contributed by atoms with Crippen LogP contribution in [0.15, 0.2) is 48.2 Å². The summed E-state index contributed by atoms with van der Waals surface area (Å²) in [4.78, 5) is 22.1. The molecule has 1 radical (unpaired) electrons. The number of carbonyl (C=O) groups is 1. The zero-order valence-corrected chi connectivity index (χ0v) is 36.3. The third-order valence-corrected chi connectivity index (χ3v) is 13.9. The Balaban J connectivity index is 0.000000323. The Hall–Kier alpha value is -2.66. The Kier molecular flexibility index (Phi) is 14.0. The smallest absolute Gasteiger partial charge is 0.164 e. The first-order valence-corrected chi connectivity index (χ1v) is 22.2. The molecular weight excluding hydrogens is 809 g/mol. The maximum absolute atomic E-state index is 12.2. The molecule has 1 N–H and O–H groups in total. The van der Waals surface area contributed by atoms with E-state index in [1.54, 1.807) is 5.56 Å². The molecule has 1 aliphatic rings. The first kappa shape index (κ1) is 41.8. The molecule has 1 heterocycles. The third-order valence-electron chi connectivity index (χ3n) is 11.9. The van der Waals surface area contributed by atoms with Crippen molar-refractivity contribution >= 4 is 40.7 Å². The standard InChI is InChI=1S/C29H33N2Si.C15H28O2.Ir/c1-18-17-23-13-16-25-28(22-11-14-24(15-12-22)32(4,5)6)30-20(3)31-29(25)27(23)19(2)26(18)21-9-7-8-10-21;1-7-14(5,8-2)12(16)11-13(17)15(6,9-3)10-4;/h11,13-17,21H,7-10H2,1-6H3;11,16H,7-10H2,1-6H3;/q-1;;/b;12-11-;. The van der Waals surface area contributed by atoms with E-state index in [2.05, 4.69) is 76.0 Å². The van der Waals surface area contributed by atoms with E-state index in [0.29, 0.717) is 5.92 Å². The van der Waals surface area contributed by atoms with Crippen molar-refractivity contribution in [1.82, 2.24) is 9.97 Å². The second-order valence-corrected chi connectivity index (χ2v) is 21.1. The molecule has 6 heteroatoms. The Morgan fingerprint density at radius 2 is 1.52 bits per heavy atom. The molecule has 0 spiro atoms. The van der Waals surface area contributed by atoms with Crippen LogP contribution < -0.4 is 5.19 Å². The first-order valence-electron chi connectivity index (χ1n) is 18.7. The van der Waals surface area contributed by atoms with Crippen LogP contribution >= 0.6 is 0 Å². The van der Waals surface area contributed by atoms with E-state index in [9.17, 15) is 9.90 Å². The minimum Gasteiger partial charge on any atom is -0.512 e. The Labute approximate surface area is 317 Å². The summed E-state index contributed by atoms with van der Waals surface area (Å²) in [7, 11) is -1.35. The summed E-state index contributed by atoms with van der Waals surface area (Å²) in [5, 5.41) is 15.3. The second-order valence-electron chi connectivity index (χ2n) is 16.1. The van der Waals surface area contributed by atoms with E-state index >= 15 is 0 Å². The van der Waals surface area contributed by atoms with Gasteiger partial charge in [-0.2, -0.15) is 0 Å². The SMILES string of the molecule is CCC(C)(CC)C(=O)/C=C(\O)C(C)(CC)CC.Cc1nc(-c2[c-]cc([Si](C)(C)C)cc2)c2ccc3cc(C)c(C4CCCC4)c(C)c3c2n1.[Ir]. The summed E-state index contributed by atoms with van der Waals surface area (Å²) >= 11 is 0. The second kappa shape index (κ2) is 16.8. The fraction of sp³-hybridized carbons (Fsp3) is 0.523. The zero-order valence-electron chi connectivity index (χ0n) is 32.9. The van der Waals surface area contributed by atoms with Gasteiger partial charge >= 0.3 is 0 Å². The minimum atomic E-state index is -1.35. The molecule has 1 fully saturated rings. The van der Waals surface area contributed by atoms with Crippen molar-refractivity contribution in [1.29, 1.82) is 0 Å². The van der Waals surface area contributed by atoms with E-state index in [-0.39, 0.29) is 42.5 Å². The molecule has 1 aromatic heterocycles. The average molecular weight is 870 g/mol. The van der Waals surface area contributed by atoms with Crippen molar-refractivity contribution in [2.45, 2.75) is 139 Å². The number of nitrogens with zero attached hydrogens (tertiary/aromatic N) is 2. The zero-order chi connectivity index (χ0) is 36.3. The molecule has 4 nitrogen and oxygen atoms in total. The van der Waals surface area contributed by atoms with Crippen LogP contribution in [-0.2, 0) is 24.9 Å². The predicted octanol–water partition coefficient (Wildman–Crippen LogP) is 12.0. The predicted molar refractivity (Wildman–Crippen MR) is 213 cm³/mol. The van der Waals surface area contributed by atoms with E-state index in [0.717, 1.165) is 53.7 Å². The molecular formula is C44H61IrN2O2Si-. The number of hydrogen-bond acceptors (Lipinski definition) is 4. The van der Waals surface area contributed by atoms with Gasteiger partial charge in [0.25, 0.3) is 0 Å². The van der Waals surface area contributed by atoms with Gasteiger partial charge in [0.15, 0.2) is 5.78 Å². The van der Waals surface area contributed by atoms with E-state index in [1.165, 1.54) is 58.8 Å². The van der Waals surface area contributed by atoms with Crippen molar-refractivity contribution < 1.29 is 30.0 Å². The molecule has 0 unspecified atom stereocenters. The largest absolute Gasteiger partial charge is 0.512 e. The van der Waals surface area contributed by atoms with Crippen LogP contribution in [0, 0.1) is 37.7 Å². The van der Waals surface area contributed by atoms with Crippen LogP contribution in [-0.4, -0.2) is 28.9 Å². The van der Waals surface area contributed by atoms with Gasteiger partial charge in [-0.05, 0) is 98.4 Å². The Morgan fingerprint density at radius 3 is 2.04 bits per heavy atom. The Bertz CT molecular complexity index is 1820. The number of aromatic nitrogens is 2. The van der Waals surface area contributed by atoms with Gasteiger partial charge in [-0.25, -0.2) is 4.98 Å². The van der Waals surface area contributed by atoms with Crippen LogP contribution in [0.1, 0.15) is 121 Å². The maximum atomic E-state index is 12.2. The van der Waals surface area contributed by atoms with Gasteiger partial charge in [-0.3, -0.25) is 9.78 Å². The van der Waals surface area contributed by atoms with Crippen LogP contribution in [0.3, 0.4) is 0 Å². The minimum absolute atomic E-state index is 0. The van der Waals surface area contributed by atoms with Crippen molar-refractivity contribution in [3.63, 3.8) is 0 Å². The quantitative estimate of drug-likeness (QED) is 0.0567. The van der Waals surface area contributed by atoms with Crippen molar-refractivity contribution in [2.24, 2.45) is 10.8 Å². The Morgan fingerprint density at radius 1 is 0.920 bits per heavy atom. The number of ketones is 1. The monoisotopic (exact) mass is 870 g/mol. The summed E-state index contributed by atoms with van der Waals surface area (Å²) in [5.41, 5.74) is 6.95. The number of fused-ring (bicyclic) bond motifs is 3. The number of aliphatic hydroxyl groups is 1. The molecule has 4 aromatic rings. The molecule has 3 aromatic carbocycles. The molecule has 0 aliphatic heterocycles. The van der Waals surface area contributed by atoms with Crippen molar-refractivity contribution in [3.05, 3.63) is 76.8 Å². The summed E-state index contributed by atoms with van der Waals surface area (Å²) in [5.74, 6) is 1.80. The van der Waals surface area contributed by atoms with Crippen molar-refractivity contribution in [3.8, 4) is 11.3 Å². The molecule has 273 valence electrons. The normalized spacial score (nSPS) is 14.4. The molecule has 50 heavy (non-hydrogen) atoms. The number of carbonyl (C=O) groups excluding carboxylic acids is 1. The number of aryl methyl sites for hydroxylation is 3. The summed E-state index contributed by atoms with van der Waals surface area (Å²) in [6, 6.07) is 17.0. The molecule has 1 aliphatic carbocycles. The average Bonchev–Trinajstić information content (AvgIpc) is 3.61. The van der Waals surface area contributed by atoms with Crippen LogP contribution in [0.25, 0.3) is 32.9 Å². The fourth-order valence-electron chi connectivity index (χ4n) is 7.35. The number of allylic oxidation sites excluding steroid dienone is 2. The van der Waals surface area contributed by atoms with Gasteiger partial charge in [-0.15, -0.1) is 35.0 Å².